The molecule has 4 heteroatoms. The molecule has 0 amide bonds. The Morgan fingerprint density at radius 2 is 2.33 bits per heavy atom. The second kappa shape index (κ2) is 5.21. The van der Waals surface area contributed by atoms with Crippen LogP contribution in [-0.4, -0.2) is 24.2 Å². The fourth-order valence-electron chi connectivity index (χ4n) is 2.20. The molecule has 1 unspecified atom stereocenters. The van der Waals surface area contributed by atoms with Crippen LogP contribution < -0.4 is 4.90 Å². The minimum Gasteiger partial charge on any atom is -0.478 e. The molecule has 0 bridgehead atoms. The summed E-state index contributed by atoms with van der Waals surface area (Å²) in [5.41, 5.74) is 1.16. The summed E-state index contributed by atoms with van der Waals surface area (Å²) in [6.45, 7) is 3.91. The molecular formula is C14H16FNO2. The van der Waals surface area contributed by atoms with Crippen molar-refractivity contribution in [3.05, 3.63) is 35.7 Å². The van der Waals surface area contributed by atoms with Gasteiger partial charge in [-0.05, 0) is 36.1 Å². The van der Waals surface area contributed by atoms with Crippen molar-refractivity contribution in [1.82, 2.24) is 0 Å². The fourth-order valence-corrected chi connectivity index (χ4v) is 2.20. The lowest BCUT2D eigenvalue weighted by Crippen LogP contribution is -2.20. The number of anilines is 1. The summed E-state index contributed by atoms with van der Waals surface area (Å²) >= 11 is 0. The largest absolute Gasteiger partial charge is 0.478 e. The van der Waals surface area contributed by atoms with Crippen LogP contribution in [0, 0.1) is 11.7 Å². The van der Waals surface area contributed by atoms with Crippen molar-refractivity contribution in [3.8, 4) is 0 Å². The van der Waals surface area contributed by atoms with Gasteiger partial charge in [0.25, 0.3) is 0 Å². The smallest absolute Gasteiger partial charge is 0.328 e. The van der Waals surface area contributed by atoms with Crippen LogP contribution in [-0.2, 0) is 4.79 Å². The average molecular weight is 249 g/mol. The molecule has 1 aliphatic rings. The lowest BCUT2D eigenvalue weighted by atomic mass is 10.1. The van der Waals surface area contributed by atoms with Crippen LogP contribution in [0.1, 0.15) is 18.9 Å². The summed E-state index contributed by atoms with van der Waals surface area (Å²) in [5, 5.41) is 8.51. The van der Waals surface area contributed by atoms with Gasteiger partial charge in [-0.1, -0.05) is 13.0 Å². The first kappa shape index (κ1) is 12.6. The van der Waals surface area contributed by atoms with Gasteiger partial charge in [0.1, 0.15) is 5.82 Å². The molecule has 1 heterocycles. The Hall–Kier alpha value is -1.84. The minimum atomic E-state index is -1.03. The second-order valence-corrected chi connectivity index (χ2v) is 4.72. The Bertz CT molecular complexity index is 485. The van der Waals surface area contributed by atoms with Gasteiger partial charge in [-0.3, -0.25) is 0 Å². The fraction of sp³-hybridized carbons (Fsp3) is 0.357. The van der Waals surface area contributed by atoms with Gasteiger partial charge in [0.05, 0.1) is 5.69 Å². The molecule has 0 aliphatic carbocycles. The summed E-state index contributed by atoms with van der Waals surface area (Å²) in [6, 6.07) is 4.83. The number of carboxylic acids is 1. The molecule has 1 N–H and O–H groups in total. The first-order valence-corrected chi connectivity index (χ1v) is 6.02. The van der Waals surface area contributed by atoms with Gasteiger partial charge in [-0.25, -0.2) is 9.18 Å². The normalized spacial score (nSPS) is 19.7. The highest BCUT2D eigenvalue weighted by Crippen LogP contribution is 2.26. The van der Waals surface area contributed by atoms with Crippen LogP contribution in [0.15, 0.2) is 24.3 Å². The van der Waals surface area contributed by atoms with E-state index in [0.29, 0.717) is 17.2 Å². The highest BCUT2D eigenvalue weighted by atomic mass is 19.1. The van der Waals surface area contributed by atoms with Gasteiger partial charge in [0, 0.05) is 19.2 Å². The SMILES string of the molecule is CC1CCN(c2ccc(/C=C/C(=O)O)cc2F)C1. The lowest BCUT2D eigenvalue weighted by molar-refractivity contribution is -0.131. The highest BCUT2D eigenvalue weighted by molar-refractivity contribution is 5.85. The van der Waals surface area contributed by atoms with E-state index in [1.165, 1.54) is 12.1 Å². The second-order valence-electron chi connectivity index (χ2n) is 4.72. The predicted octanol–water partition coefficient (Wildman–Crippen LogP) is 2.77. The van der Waals surface area contributed by atoms with E-state index in [4.69, 9.17) is 5.11 Å². The van der Waals surface area contributed by atoms with Crippen molar-refractivity contribution in [2.75, 3.05) is 18.0 Å². The average Bonchev–Trinajstić information content (AvgIpc) is 2.73. The third-order valence-corrected chi connectivity index (χ3v) is 3.15. The Morgan fingerprint density at radius 1 is 1.56 bits per heavy atom. The number of hydrogen-bond acceptors (Lipinski definition) is 2. The third-order valence-electron chi connectivity index (χ3n) is 3.15. The van der Waals surface area contributed by atoms with E-state index in [2.05, 4.69) is 6.92 Å². The molecular weight excluding hydrogens is 233 g/mol. The quantitative estimate of drug-likeness (QED) is 0.837. The molecule has 0 spiro atoms. The number of rotatable bonds is 3. The molecule has 2 rings (SSSR count). The van der Waals surface area contributed by atoms with Crippen molar-refractivity contribution in [3.63, 3.8) is 0 Å². The Labute approximate surface area is 106 Å². The van der Waals surface area contributed by atoms with E-state index < -0.39 is 5.97 Å². The van der Waals surface area contributed by atoms with E-state index in [1.54, 1.807) is 12.1 Å². The standard InChI is InChI=1S/C14H16FNO2/c1-10-6-7-16(9-10)13-4-2-11(8-12(13)15)3-5-14(17)18/h2-5,8,10H,6-7,9H2,1H3,(H,17,18)/b5-3+. The molecule has 1 fully saturated rings. The van der Waals surface area contributed by atoms with Gasteiger partial charge in [-0.2, -0.15) is 0 Å². The molecule has 1 aromatic rings. The summed E-state index contributed by atoms with van der Waals surface area (Å²) in [4.78, 5) is 12.4. The summed E-state index contributed by atoms with van der Waals surface area (Å²) < 4.78 is 13.9. The zero-order valence-corrected chi connectivity index (χ0v) is 10.3. The van der Waals surface area contributed by atoms with Gasteiger partial charge >= 0.3 is 5.97 Å². The van der Waals surface area contributed by atoms with Crippen LogP contribution in [0.3, 0.4) is 0 Å². The summed E-state index contributed by atoms with van der Waals surface area (Å²) in [6.07, 6.45) is 3.48. The Balaban J connectivity index is 2.17. The molecule has 1 aromatic carbocycles. The Kier molecular flexibility index (Phi) is 3.65. The predicted molar refractivity (Wildman–Crippen MR) is 69.1 cm³/mol. The minimum absolute atomic E-state index is 0.295. The van der Waals surface area contributed by atoms with Crippen molar-refractivity contribution < 1.29 is 14.3 Å². The number of hydrogen-bond donors (Lipinski definition) is 1. The number of benzene rings is 1. The summed E-state index contributed by atoms with van der Waals surface area (Å²) in [7, 11) is 0. The first-order chi connectivity index (χ1) is 8.56. The molecule has 96 valence electrons. The van der Waals surface area contributed by atoms with Crippen LogP contribution in [0.5, 0.6) is 0 Å². The van der Waals surface area contributed by atoms with Crippen molar-refractivity contribution >= 4 is 17.7 Å². The molecule has 0 radical (unpaired) electrons. The van der Waals surface area contributed by atoms with Crippen LogP contribution in [0.2, 0.25) is 0 Å². The number of nitrogens with zero attached hydrogens (tertiary/aromatic N) is 1. The topological polar surface area (TPSA) is 40.5 Å². The van der Waals surface area contributed by atoms with Crippen LogP contribution in [0.4, 0.5) is 10.1 Å². The Morgan fingerprint density at radius 3 is 2.89 bits per heavy atom. The third kappa shape index (κ3) is 2.88. The van der Waals surface area contributed by atoms with Gasteiger partial charge in [0.2, 0.25) is 0 Å². The van der Waals surface area contributed by atoms with E-state index in [9.17, 15) is 9.18 Å². The van der Waals surface area contributed by atoms with E-state index in [-0.39, 0.29) is 5.82 Å². The number of carboxylic acid groups (broad SMARTS) is 1. The van der Waals surface area contributed by atoms with Crippen LogP contribution in [0.25, 0.3) is 6.08 Å². The number of carbonyl (C=O) groups is 1. The maximum absolute atomic E-state index is 13.9. The van der Waals surface area contributed by atoms with Crippen LogP contribution >= 0.6 is 0 Å². The molecule has 1 saturated heterocycles. The van der Waals surface area contributed by atoms with E-state index in [0.717, 1.165) is 25.6 Å². The maximum Gasteiger partial charge on any atom is 0.328 e. The van der Waals surface area contributed by atoms with Crippen molar-refractivity contribution in [2.45, 2.75) is 13.3 Å². The highest BCUT2D eigenvalue weighted by Gasteiger charge is 2.21. The molecule has 1 atom stereocenters. The van der Waals surface area contributed by atoms with E-state index in [1.807, 2.05) is 4.90 Å². The molecule has 0 saturated carbocycles. The van der Waals surface area contributed by atoms with Gasteiger partial charge in [0.15, 0.2) is 0 Å². The molecule has 3 nitrogen and oxygen atoms in total. The zero-order chi connectivity index (χ0) is 13.1. The number of halogens is 1. The molecule has 18 heavy (non-hydrogen) atoms. The van der Waals surface area contributed by atoms with Gasteiger partial charge < -0.3 is 10.0 Å². The van der Waals surface area contributed by atoms with Crippen molar-refractivity contribution in [2.24, 2.45) is 5.92 Å². The molecule has 1 aliphatic heterocycles. The van der Waals surface area contributed by atoms with Crippen molar-refractivity contribution in [1.29, 1.82) is 0 Å². The van der Waals surface area contributed by atoms with E-state index >= 15 is 0 Å². The summed E-state index contributed by atoms with van der Waals surface area (Å²) in [5.74, 6) is -0.736. The maximum atomic E-state index is 13.9. The lowest BCUT2D eigenvalue weighted by Gasteiger charge is -2.19. The molecule has 0 aromatic heterocycles. The number of aliphatic carboxylic acids is 1. The monoisotopic (exact) mass is 249 g/mol. The zero-order valence-electron chi connectivity index (χ0n) is 10.3. The van der Waals surface area contributed by atoms with Gasteiger partial charge in [-0.15, -0.1) is 0 Å². The first-order valence-electron chi connectivity index (χ1n) is 6.02.